The van der Waals surface area contributed by atoms with Crippen molar-refractivity contribution in [1.29, 1.82) is 0 Å². The molecular weight excluding hydrogens is 408 g/mol. The molecule has 0 saturated heterocycles. The molecule has 1 aliphatic carbocycles. The number of amides is 2. The molecule has 1 fully saturated rings. The molecule has 2 aliphatic rings. The second kappa shape index (κ2) is 7.07. The molecule has 0 aromatic heterocycles. The minimum Gasteiger partial charge on any atom is -0.352 e. The number of sulfone groups is 1. The smallest absolute Gasteiger partial charge is 0.235 e. The zero-order valence-electron chi connectivity index (χ0n) is 14.0. The van der Waals surface area contributed by atoms with Gasteiger partial charge in [0, 0.05) is 24.0 Å². The first-order chi connectivity index (χ1) is 11.8. The molecule has 0 radical (unpaired) electrons. The van der Waals surface area contributed by atoms with Gasteiger partial charge in [-0.15, -0.1) is 0 Å². The molecule has 1 aliphatic heterocycles. The molecule has 1 saturated carbocycles. The lowest BCUT2D eigenvalue weighted by Gasteiger charge is -2.19. The van der Waals surface area contributed by atoms with Crippen LogP contribution in [-0.4, -0.2) is 38.6 Å². The van der Waals surface area contributed by atoms with E-state index in [4.69, 9.17) is 0 Å². The van der Waals surface area contributed by atoms with Crippen molar-refractivity contribution >= 4 is 43.3 Å². The van der Waals surface area contributed by atoms with Crippen LogP contribution in [0, 0.1) is 0 Å². The maximum Gasteiger partial charge on any atom is 0.235 e. The summed E-state index contributed by atoms with van der Waals surface area (Å²) in [5.74, 6) is -1.28. The summed E-state index contributed by atoms with van der Waals surface area (Å²) in [5, 5.41) is 2.81. The molecule has 1 heterocycles. The molecule has 0 bridgehead atoms. The van der Waals surface area contributed by atoms with Crippen LogP contribution in [0.2, 0.25) is 0 Å². The average Bonchev–Trinajstić information content (AvgIpc) is 3.14. The third kappa shape index (κ3) is 3.89. The van der Waals surface area contributed by atoms with Gasteiger partial charge in [0.15, 0.2) is 9.84 Å². The van der Waals surface area contributed by atoms with Crippen molar-refractivity contribution in [1.82, 2.24) is 5.32 Å². The summed E-state index contributed by atoms with van der Waals surface area (Å²) < 4.78 is 26.4. The Balaban J connectivity index is 1.89. The van der Waals surface area contributed by atoms with Crippen molar-refractivity contribution in [2.24, 2.45) is 0 Å². The van der Waals surface area contributed by atoms with E-state index in [0.29, 0.717) is 23.1 Å². The Bertz CT molecular complexity index is 816. The number of hydrogen-bond acceptors (Lipinski definition) is 4. The predicted molar refractivity (Wildman–Crippen MR) is 98.3 cm³/mol. The van der Waals surface area contributed by atoms with Crippen molar-refractivity contribution in [3.63, 3.8) is 0 Å². The lowest BCUT2D eigenvalue weighted by molar-refractivity contribution is -0.119. The van der Waals surface area contributed by atoms with Crippen LogP contribution in [0.5, 0.6) is 0 Å². The summed E-state index contributed by atoms with van der Waals surface area (Å²) in [6.07, 6.45) is 4.52. The number of carbonyl (C=O) groups excluding carboxylic acids is 2. The van der Waals surface area contributed by atoms with Gasteiger partial charge in [-0.2, -0.15) is 0 Å². The molecule has 1 aromatic rings. The van der Waals surface area contributed by atoms with E-state index in [1.807, 2.05) is 6.07 Å². The molecule has 0 spiro atoms. The van der Waals surface area contributed by atoms with E-state index in [1.54, 1.807) is 0 Å². The molecule has 3 rings (SSSR count). The van der Waals surface area contributed by atoms with Crippen LogP contribution >= 0.6 is 15.9 Å². The first kappa shape index (κ1) is 18.4. The minimum absolute atomic E-state index is 0.0474. The third-order valence-corrected chi connectivity index (χ3v) is 6.83. The zero-order valence-corrected chi connectivity index (χ0v) is 16.5. The molecule has 25 heavy (non-hydrogen) atoms. The highest BCUT2D eigenvalue weighted by molar-refractivity contribution is 9.10. The van der Waals surface area contributed by atoms with E-state index in [-0.39, 0.29) is 16.8 Å². The highest BCUT2D eigenvalue weighted by Gasteiger charge is 2.32. The topological polar surface area (TPSA) is 83.6 Å². The number of nitrogens with zero attached hydrogens (tertiary/aromatic N) is 1. The van der Waals surface area contributed by atoms with Gasteiger partial charge in [-0.05, 0) is 37.0 Å². The number of rotatable bonds is 4. The van der Waals surface area contributed by atoms with Gasteiger partial charge < -0.3 is 10.2 Å². The van der Waals surface area contributed by atoms with E-state index >= 15 is 0 Å². The Kier molecular flexibility index (Phi) is 5.20. The normalized spacial score (nSPS) is 17.6. The van der Waals surface area contributed by atoms with Crippen molar-refractivity contribution in [3.8, 4) is 0 Å². The maximum atomic E-state index is 12.9. The number of anilines is 1. The second-order valence-corrected chi connectivity index (χ2v) is 9.51. The van der Waals surface area contributed by atoms with Crippen molar-refractivity contribution < 1.29 is 18.0 Å². The molecular formula is C17H21BrN2O4S. The van der Waals surface area contributed by atoms with Gasteiger partial charge in [0.05, 0.1) is 10.6 Å². The molecule has 0 unspecified atom stereocenters. The van der Waals surface area contributed by atoms with Gasteiger partial charge in [-0.1, -0.05) is 28.8 Å². The third-order valence-electron chi connectivity index (χ3n) is 4.75. The van der Waals surface area contributed by atoms with Crippen LogP contribution in [0.3, 0.4) is 0 Å². The number of carbonyl (C=O) groups is 2. The van der Waals surface area contributed by atoms with Crippen LogP contribution < -0.4 is 10.2 Å². The van der Waals surface area contributed by atoms with Crippen molar-refractivity contribution in [3.05, 3.63) is 22.2 Å². The predicted octanol–water partition coefficient (Wildman–Crippen LogP) is 2.19. The van der Waals surface area contributed by atoms with E-state index < -0.39 is 21.5 Å². The Morgan fingerprint density at radius 1 is 1.28 bits per heavy atom. The van der Waals surface area contributed by atoms with Crippen LogP contribution in [0.4, 0.5) is 5.69 Å². The van der Waals surface area contributed by atoms with Crippen LogP contribution in [0.25, 0.3) is 0 Å². The highest BCUT2D eigenvalue weighted by atomic mass is 79.9. The number of hydrogen-bond donors (Lipinski definition) is 1. The molecule has 6 nitrogen and oxygen atoms in total. The summed E-state index contributed by atoms with van der Waals surface area (Å²) in [6.45, 7) is 1.87. The average molecular weight is 429 g/mol. The number of benzene rings is 1. The second-order valence-electron chi connectivity index (χ2n) is 6.64. The van der Waals surface area contributed by atoms with Crippen LogP contribution in [0.15, 0.2) is 21.5 Å². The number of nitrogens with one attached hydrogen (secondary N) is 1. The molecule has 136 valence electrons. The Morgan fingerprint density at radius 3 is 2.60 bits per heavy atom. The summed E-state index contributed by atoms with van der Waals surface area (Å²) in [4.78, 5) is 25.6. The summed E-state index contributed by atoms with van der Waals surface area (Å²) in [6, 6.07) is 3.39. The molecule has 1 N–H and O–H groups in total. The largest absolute Gasteiger partial charge is 0.352 e. The Morgan fingerprint density at radius 2 is 1.96 bits per heavy atom. The van der Waals surface area contributed by atoms with Crippen molar-refractivity contribution in [2.45, 2.75) is 50.0 Å². The molecule has 1 aromatic carbocycles. The standard InChI is InChI=1S/C17H21BrN2O4S/c1-11(21)20-7-6-12-8-13(18)9-15(17(12)20)25(23,24)10-16(22)19-14-4-2-3-5-14/h8-9,14H,2-7,10H2,1H3,(H,19,22). The van der Waals surface area contributed by atoms with Gasteiger partial charge in [-0.3, -0.25) is 9.59 Å². The van der Waals surface area contributed by atoms with Gasteiger partial charge in [0.1, 0.15) is 5.75 Å². The van der Waals surface area contributed by atoms with Gasteiger partial charge in [0.25, 0.3) is 0 Å². The van der Waals surface area contributed by atoms with Crippen molar-refractivity contribution in [2.75, 3.05) is 17.2 Å². The molecule has 2 amide bonds. The number of fused-ring (bicyclic) bond motifs is 1. The monoisotopic (exact) mass is 428 g/mol. The van der Waals surface area contributed by atoms with Gasteiger partial charge in [-0.25, -0.2) is 8.42 Å². The quantitative estimate of drug-likeness (QED) is 0.796. The lowest BCUT2D eigenvalue weighted by Crippen LogP contribution is -2.37. The fraction of sp³-hybridized carbons (Fsp3) is 0.529. The van der Waals surface area contributed by atoms with Crippen LogP contribution in [-0.2, 0) is 25.8 Å². The fourth-order valence-corrected chi connectivity index (χ4v) is 5.69. The SMILES string of the molecule is CC(=O)N1CCc2cc(Br)cc(S(=O)(=O)CC(=O)NC3CCCC3)c21. The first-order valence-electron chi connectivity index (χ1n) is 8.40. The van der Waals surface area contributed by atoms with E-state index in [0.717, 1.165) is 31.2 Å². The summed E-state index contributed by atoms with van der Waals surface area (Å²) in [5.41, 5.74) is 1.23. The van der Waals surface area contributed by atoms with Gasteiger partial charge in [0.2, 0.25) is 11.8 Å². The lowest BCUT2D eigenvalue weighted by atomic mass is 10.2. The first-order valence-corrected chi connectivity index (χ1v) is 10.8. The zero-order chi connectivity index (χ0) is 18.2. The number of halogens is 1. The summed E-state index contributed by atoms with van der Waals surface area (Å²) >= 11 is 3.33. The van der Waals surface area contributed by atoms with Crippen LogP contribution in [0.1, 0.15) is 38.2 Å². The highest BCUT2D eigenvalue weighted by Crippen LogP contribution is 2.38. The molecule has 0 atom stereocenters. The van der Waals surface area contributed by atoms with E-state index in [2.05, 4.69) is 21.2 Å². The maximum absolute atomic E-state index is 12.9. The Labute approximate surface area is 156 Å². The van der Waals surface area contributed by atoms with E-state index in [9.17, 15) is 18.0 Å². The summed E-state index contributed by atoms with van der Waals surface area (Å²) in [7, 11) is -3.85. The fourth-order valence-electron chi connectivity index (χ4n) is 3.61. The van der Waals surface area contributed by atoms with Gasteiger partial charge >= 0.3 is 0 Å². The minimum atomic E-state index is -3.85. The van der Waals surface area contributed by atoms with E-state index in [1.165, 1.54) is 17.9 Å². The Hall–Kier alpha value is -1.41. The molecule has 8 heteroatoms.